The lowest BCUT2D eigenvalue weighted by Gasteiger charge is -2.31. The Morgan fingerprint density at radius 2 is 1.90 bits per heavy atom. The number of carbonyl (C=O) groups is 1. The quantitative estimate of drug-likeness (QED) is 0.347. The fraction of sp³-hybridized carbons (Fsp3) is 0.609. The predicted octanol–water partition coefficient (Wildman–Crippen LogP) is 4.37. The van der Waals surface area contributed by atoms with Crippen LogP contribution in [0, 0.1) is 24.7 Å². The molecule has 1 aromatic carbocycles. The van der Waals surface area contributed by atoms with Gasteiger partial charge in [-0.25, -0.2) is 13.1 Å². The molecule has 160 valence electrons. The second-order valence-corrected chi connectivity index (χ2v) is 10.1. The standard InChI is InChI=1S/C23H33NO4S/c1-3-28-22(25)9-7-5-4-6-8-21-18-12-13-19(16-18)23(21)24-29(26,27)20-14-10-17(2)11-15-20/h4,6,10-11,14-15,18-19,21,23-24H,3,5,7-9,12-13,16H2,1-2H3. The summed E-state index contributed by atoms with van der Waals surface area (Å²) < 4.78 is 33.7. The first kappa shape index (κ1) is 22.0. The summed E-state index contributed by atoms with van der Waals surface area (Å²) in [5, 5.41) is 0. The fourth-order valence-corrected chi connectivity index (χ4v) is 6.22. The molecule has 0 saturated heterocycles. The Balaban J connectivity index is 1.55. The molecular weight excluding hydrogens is 386 g/mol. The minimum Gasteiger partial charge on any atom is -0.466 e. The smallest absolute Gasteiger partial charge is 0.305 e. The Morgan fingerprint density at radius 3 is 2.62 bits per heavy atom. The number of ether oxygens (including phenoxy) is 1. The maximum Gasteiger partial charge on any atom is 0.305 e. The van der Waals surface area contributed by atoms with E-state index < -0.39 is 10.0 Å². The summed E-state index contributed by atoms with van der Waals surface area (Å²) in [5.41, 5.74) is 1.05. The van der Waals surface area contributed by atoms with Crippen molar-refractivity contribution in [3.63, 3.8) is 0 Å². The van der Waals surface area contributed by atoms with Crippen LogP contribution in [0.4, 0.5) is 0 Å². The molecule has 2 saturated carbocycles. The van der Waals surface area contributed by atoms with Crippen molar-refractivity contribution in [1.29, 1.82) is 0 Å². The molecule has 2 bridgehead atoms. The average molecular weight is 420 g/mol. The molecule has 6 heteroatoms. The third-order valence-electron chi connectivity index (χ3n) is 6.34. The lowest BCUT2D eigenvalue weighted by Crippen LogP contribution is -2.43. The van der Waals surface area contributed by atoms with Crippen molar-refractivity contribution in [2.75, 3.05) is 6.61 Å². The molecule has 0 amide bonds. The van der Waals surface area contributed by atoms with Crippen LogP contribution in [-0.4, -0.2) is 27.0 Å². The van der Waals surface area contributed by atoms with E-state index in [1.807, 2.05) is 26.0 Å². The maximum atomic E-state index is 12.9. The van der Waals surface area contributed by atoms with Crippen LogP contribution in [0.15, 0.2) is 41.3 Å². The Labute approximate surface area is 175 Å². The number of carbonyl (C=O) groups excluding carboxylic acids is 1. The molecule has 0 spiro atoms. The van der Waals surface area contributed by atoms with E-state index in [1.54, 1.807) is 12.1 Å². The molecular formula is C23H33NO4S. The number of esters is 1. The van der Waals surface area contributed by atoms with E-state index in [4.69, 9.17) is 4.74 Å². The van der Waals surface area contributed by atoms with E-state index in [9.17, 15) is 13.2 Å². The van der Waals surface area contributed by atoms with E-state index in [1.165, 1.54) is 6.42 Å². The fourth-order valence-electron chi connectivity index (χ4n) is 4.87. The van der Waals surface area contributed by atoms with Gasteiger partial charge in [-0.05, 0) is 82.3 Å². The lowest BCUT2D eigenvalue weighted by molar-refractivity contribution is -0.143. The van der Waals surface area contributed by atoms with Crippen molar-refractivity contribution < 1.29 is 17.9 Å². The van der Waals surface area contributed by atoms with Crippen LogP contribution in [0.25, 0.3) is 0 Å². The number of nitrogens with one attached hydrogen (secondary N) is 1. The van der Waals surface area contributed by atoms with Crippen molar-refractivity contribution in [2.24, 2.45) is 17.8 Å². The summed E-state index contributed by atoms with van der Waals surface area (Å²) in [4.78, 5) is 11.7. The minimum absolute atomic E-state index is 0.0178. The Morgan fingerprint density at radius 1 is 1.17 bits per heavy atom. The van der Waals surface area contributed by atoms with Gasteiger partial charge in [0.25, 0.3) is 0 Å². The van der Waals surface area contributed by atoms with Crippen molar-refractivity contribution in [3.8, 4) is 0 Å². The van der Waals surface area contributed by atoms with Crippen molar-refractivity contribution in [1.82, 2.24) is 4.72 Å². The zero-order valence-corrected chi connectivity index (χ0v) is 18.3. The van der Waals surface area contributed by atoms with Gasteiger partial charge in [0.15, 0.2) is 0 Å². The second kappa shape index (κ2) is 9.90. The number of allylic oxidation sites excluding steroid dienone is 2. The molecule has 1 N–H and O–H groups in total. The highest BCUT2D eigenvalue weighted by Crippen LogP contribution is 2.50. The zero-order valence-electron chi connectivity index (χ0n) is 17.5. The lowest BCUT2D eigenvalue weighted by atomic mass is 9.83. The highest BCUT2D eigenvalue weighted by Gasteiger charge is 2.48. The molecule has 1 aromatic rings. The number of unbranched alkanes of at least 4 members (excludes halogenated alkanes) is 1. The largest absolute Gasteiger partial charge is 0.466 e. The van der Waals surface area contributed by atoms with Crippen molar-refractivity contribution in [3.05, 3.63) is 42.0 Å². The van der Waals surface area contributed by atoms with Crippen molar-refractivity contribution in [2.45, 2.75) is 69.7 Å². The van der Waals surface area contributed by atoms with Crippen LogP contribution in [0.3, 0.4) is 0 Å². The molecule has 0 aromatic heterocycles. The summed E-state index contributed by atoms with van der Waals surface area (Å²) in [6.45, 7) is 4.20. The van der Waals surface area contributed by atoms with Crippen LogP contribution < -0.4 is 4.72 Å². The van der Waals surface area contributed by atoms with Gasteiger partial charge in [-0.2, -0.15) is 0 Å². The predicted molar refractivity (Wildman–Crippen MR) is 114 cm³/mol. The topological polar surface area (TPSA) is 72.5 Å². The molecule has 4 atom stereocenters. The second-order valence-electron chi connectivity index (χ2n) is 8.36. The summed E-state index contributed by atoms with van der Waals surface area (Å²) in [6.07, 6.45) is 10.7. The van der Waals surface area contributed by atoms with Gasteiger partial charge in [0.1, 0.15) is 0 Å². The summed E-state index contributed by atoms with van der Waals surface area (Å²) in [6, 6.07) is 7.06. The molecule has 29 heavy (non-hydrogen) atoms. The number of benzene rings is 1. The van der Waals surface area contributed by atoms with Gasteiger partial charge in [-0.3, -0.25) is 4.79 Å². The van der Waals surface area contributed by atoms with Gasteiger partial charge in [-0.15, -0.1) is 0 Å². The van der Waals surface area contributed by atoms with Gasteiger partial charge in [0, 0.05) is 12.5 Å². The normalized spacial score (nSPS) is 26.3. The number of rotatable bonds is 10. The van der Waals surface area contributed by atoms with E-state index in [0.717, 1.165) is 37.7 Å². The number of hydrogen-bond donors (Lipinski definition) is 1. The zero-order chi connectivity index (χ0) is 20.9. The molecule has 0 aliphatic heterocycles. The van der Waals surface area contributed by atoms with E-state index >= 15 is 0 Å². The summed E-state index contributed by atoms with van der Waals surface area (Å²) in [5.74, 6) is 1.27. The molecule has 2 fully saturated rings. The van der Waals surface area contributed by atoms with Gasteiger partial charge < -0.3 is 4.74 Å². The number of fused-ring (bicyclic) bond motifs is 2. The van der Waals surface area contributed by atoms with Crippen LogP contribution in [-0.2, 0) is 19.6 Å². The molecule has 5 nitrogen and oxygen atoms in total. The number of aryl methyl sites for hydroxylation is 1. The molecule has 0 radical (unpaired) electrons. The van der Waals surface area contributed by atoms with Gasteiger partial charge in [0.05, 0.1) is 11.5 Å². The number of sulfonamides is 1. The van der Waals surface area contributed by atoms with Gasteiger partial charge >= 0.3 is 5.97 Å². The Hall–Kier alpha value is -1.66. The van der Waals surface area contributed by atoms with E-state index in [2.05, 4.69) is 16.9 Å². The van der Waals surface area contributed by atoms with Gasteiger partial charge in [-0.1, -0.05) is 29.8 Å². The maximum absolute atomic E-state index is 12.9. The molecule has 3 rings (SSSR count). The highest BCUT2D eigenvalue weighted by atomic mass is 32.2. The molecule has 2 aliphatic carbocycles. The monoisotopic (exact) mass is 419 g/mol. The van der Waals surface area contributed by atoms with Crippen LogP contribution in [0.2, 0.25) is 0 Å². The first-order chi connectivity index (χ1) is 13.9. The Bertz CT molecular complexity index is 816. The van der Waals surface area contributed by atoms with Crippen LogP contribution in [0.1, 0.15) is 57.4 Å². The average Bonchev–Trinajstić information content (AvgIpc) is 3.27. The highest BCUT2D eigenvalue weighted by molar-refractivity contribution is 7.89. The first-order valence-corrected chi connectivity index (χ1v) is 12.3. The first-order valence-electron chi connectivity index (χ1n) is 10.8. The van der Waals surface area contributed by atoms with Crippen molar-refractivity contribution >= 4 is 16.0 Å². The Kier molecular flexibility index (Phi) is 7.52. The molecule has 4 unspecified atom stereocenters. The van der Waals surface area contributed by atoms with Crippen LogP contribution in [0.5, 0.6) is 0 Å². The molecule has 0 heterocycles. The van der Waals surface area contributed by atoms with E-state index in [-0.39, 0.29) is 12.0 Å². The summed E-state index contributed by atoms with van der Waals surface area (Å²) >= 11 is 0. The van der Waals surface area contributed by atoms with E-state index in [0.29, 0.717) is 35.7 Å². The van der Waals surface area contributed by atoms with Gasteiger partial charge in [0.2, 0.25) is 10.0 Å². The third-order valence-corrected chi connectivity index (χ3v) is 7.82. The number of hydrogen-bond acceptors (Lipinski definition) is 4. The summed E-state index contributed by atoms with van der Waals surface area (Å²) in [7, 11) is -3.50. The van der Waals surface area contributed by atoms with Crippen LogP contribution >= 0.6 is 0 Å². The third kappa shape index (κ3) is 5.70. The molecule has 2 aliphatic rings. The SMILES string of the molecule is CCOC(=O)CCCC=CCC1C2CCC(C2)C1NS(=O)(=O)c1ccc(C)cc1. The minimum atomic E-state index is -3.50.